The first kappa shape index (κ1) is 20.5. The minimum absolute atomic E-state index is 0.260. The van der Waals surface area contributed by atoms with Crippen molar-refractivity contribution in [1.82, 2.24) is 0 Å². The van der Waals surface area contributed by atoms with Crippen LogP contribution in [0.3, 0.4) is 0 Å². The highest BCUT2D eigenvalue weighted by molar-refractivity contribution is 5.95. The van der Waals surface area contributed by atoms with Gasteiger partial charge in [0.1, 0.15) is 6.29 Å². The van der Waals surface area contributed by atoms with Crippen LogP contribution in [0.5, 0.6) is 11.5 Å². The fourth-order valence-corrected chi connectivity index (χ4v) is 2.21. The van der Waals surface area contributed by atoms with Crippen molar-refractivity contribution in [3.63, 3.8) is 0 Å². The van der Waals surface area contributed by atoms with Gasteiger partial charge in [0, 0.05) is 11.3 Å². The van der Waals surface area contributed by atoms with Crippen LogP contribution in [0.4, 0.5) is 5.69 Å². The number of carbonyl (C=O) groups is 3. The first-order valence-corrected chi connectivity index (χ1v) is 8.23. The number of aldehydes is 1. The number of methoxy groups -OCH3 is 1. The molecule has 0 unspecified atom stereocenters. The lowest BCUT2D eigenvalue weighted by atomic mass is 10.2. The molecule has 0 aliphatic carbocycles. The van der Waals surface area contributed by atoms with Gasteiger partial charge < -0.3 is 19.5 Å². The normalized spacial score (nSPS) is 10.9. The predicted molar refractivity (Wildman–Crippen MR) is 99.2 cm³/mol. The van der Waals surface area contributed by atoms with Crippen LogP contribution in [0.1, 0.15) is 22.8 Å². The van der Waals surface area contributed by atoms with E-state index in [4.69, 9.17) is 19.5 Å². The number of nitriles is 1. The van der Waals surface area contributed by atoms with Gasteiger partial charge in [-0.2, -0.15) is 5.26 Å². The monoisotopic (exact) mass is 382 g/mol. The Morgan fingerprint density at radius 1 is 1.21 bits per heavy atom. The van der Waals surface area contributed by atoms with E-state index in [1.54, 1.807) is 18.2 Å². The minimum Gasteiger partial charge on any atom is -0.493 e. The van der Waals surface area contributed by atoms with Gasteiger partial charge in [0.25, 0.3) is 5.91 Å². The summed E-state index contributed by atoms with van der Waals surface area (Å²) >= 11 is 0. The number of ether oxygens (including phenoxy) is 3. The molecule has 0 spiro atoms. The molecule has 8 heteroatoms. The van der Waals surface area contributed by atoms with E-state index in [1.807, 2.05) is 6.07 Å². The average molecular weight is 382 g/mol. The first-order chi connectivity index (χ1) is 13.5. The van der Waals surface area contributed by atoms with Gasteiger partial charge in [-0.3, -0.25) is 9.59 Å². The molecule has 0 bridgehead atoms. The number of benzene rings is 2. The molecule has 0 heterocycles. The molecule has 1 N–H and O–H groups in total. The summed E-state index contributed by atoms with van der Waals surface area (Å²) in [5.41, 5.74) is 1.21. The van der Waals surface area contributed by atoms with Gasteiger partial charge in [0.2, 0.25) is 0 Å². The summed E-state index contributed by atoms with van der Waals surface area (Å²) in [5, 5.41) is 11.4. The van der Waals surface area contributed by atoms with Gasteiger partial charge in [-0.25, -0.2) is 4.79 Å². The maximum Gasteiger partial charge on any atom is 0.344 e. The van der Waals surface area contributed by atoms with E-state index < -0.39 is 24.6 Å². The molecule has 0 aromatic heterocycles. The lowest BCUT2D eigenvalue weighted by molar-refractivity contribution is -0.155. The molecule has 0 saturated carbocycles. The molecule has 1 amide bonds. The van der Waals surface area contributed by atoms with E-state index in [0.717, 1.165) is 0 Å². The SMILES string of the molecule is COc1cc(C=O)ccc1OCC(=O)O[C@H](C)C(=O)Nc1cccc(C#N)c1. The molecule has 0 saturated heterocycles. The molecule has 28 heavy (non-hydrogen) atoms. The van der Waals surface area contributed by atoms with Crippen molar-refractivity contribution in [3.05, 3.63) is 53.6 Å². The molecule has 0 aliphatic rings. The van der Waals surface area contributed by atoms with Crippen molar-refractivity contribution < 1.29 is 28.6 Å². The van der Waals surface area contributed by atoms with Crippen molar-refractivity contribution >= 4 is 23.9 Å². The summed E-state index contributed by atoms with van der Waals surface area (Å²) in [4.78, 5) is 34.8. The molecule has 2 aromatic carbocycles. The zero-order chi connectivity index (χ0) is 20.5. The van der Waals surface area contributed by atoms with E-state index in [-0.39, 0.29) is 5.75 Å². The molecule has 2 aromatic rings. The second-order valence-corrected chi connectivity index (χ2v) is 5.63. The summed E-state index contributed by atoms with van der Waals surface area (Å²) in [7, 11) is 1.41. The van der Waals surface area contributed by atoms with Gasteiger partial charge in [0.05, 0.1) is 18.7 Å². The smallest absolute Gasteiger partial charge is 0.344 e. The zero-order valence-electron chi connectivity index (χ0n) is 15.3. The van der Waals surface area contributed by atoms with Gasteiger partial charge in [-0.15, -0.1) is 0 Å². The molecule has 144 valence electrons. The van der Waals surface area contributed by atoms with Crippen molar-refractivity contribution in [2.45, 2.75) is 13.0 Å². The topological polar surface area (TPSA) is 115 Å². The molecular weight excluding hydrogens is 364 g/mol. The third kappa shape index (κ3) is 5.57. The van der Waals surface area contributed by atoms with Crippen LogP contribution in [-0.2, 0) is 14.3 Å². The molecule has 0 radical (unpaired) electrons. The molecule has 0 fully saturated rings. The van der Waals surface area contributed by atoms with Crippen LogP contribution < -0.4 is 14.8 Å². The van der Waals surface area contributed by atoms with E-state index in [9.17, 15) is 14.4 Å². The predicted octanol–water partition coefficient (Wildman–Crippen LogP) is 2.33. The summed E-state index contributed by atoms with van der Waals surface area (Å²) in [6.45, 7) is 0.971. The standard InChI is InChI=1S/C20H18N2O6/c1-13(20(25)22-16-5-3-4-14(8-16)10-21)28-19(24)12-27-17-7-6-15(11-23)9-18(17)26-2/h3-9,11,13H,12H2,1-2H3,(H,22,25)/t13-/m1/s1. The van der Waals surface area contributed by atoms with Gasteiger partial charge in [-0.1, -0.05) is 6.07 Å². The molecule has 2 rings (SSSR count). The number of amides is 1. The second-order valence-electron chi connectivity index (χ2n) is 5.63. The van der Waals surface area contributed by atoms with Crippen molar-refractivity contribution in [2.75, 3.05) is 19.0 Å². The number of rotatable bonds is 8. The lowest BCUT2D eigenvalue weighted by Gasteiger charge is -2.15. The molecule has 8 nitrogen and oxygen atoms in total. The number of nitrogens with zero attached hydrogens (tertiary/aromatic N) is 1. The summed E-state index contributed by atoms with van der Waals surface area (Å²) in [6.07, 6.45) is -0.408. The summed E-state index contributed by atoms with van der Waals surface area (Å²) in [6, 6.07) is 12.8. The highest BCUT2D eigenvalue weighted by Crippen LogP contribution is 2.27. The number of anilines is 1. The number of nitrogens with one attached hydrogen (secondary N) is 1. The van der Waals surface area contributed by atoms with Crippen LogP contribution in [0.25, 0.3) is 0 Å². The highest BCUT2D eigenvalue weighted by Gasteiger charge is 2.19. The van der Waals surface area contributed by atoms with E-state index in [2.05, 4.69) is 5.32 Å². The summed E-state index contributed by atoms with van der Waals surface area (Å²) in [5.74, 6) is -0.748. The minimum atomic E-state index is -1.07. The van der Waals surface area contributed by atoms with E-state index in [1.165, 1.54) is 38.3 Å². The Bertz CT molecular complexity index is 919. The van der Waals surface area contributed by atoms with E-state index >= 15 is 0 Å². The quantitative estimate of drug-likeness (QED) is 0.550. The number of esters is 1. The summed E-state index contributed by atoms with van der Waals surface area (Å²) < 4.78 is 15.5. The van der Waals surface area contributed by atoms with Crippen molar-refractivity contribution in [3.8, 4) is 17.6 Å². The second kappa shape index (κ2) is 9.73. The fraction of sp³-hybridized carbons (Fsp3) is 0.200. The molecule has 0 aliphatic heterocycles. The Morgan fingerprint density at radius 2 is 2.00 bits per heavy atom. The van der Waals surface area contributed by atoms with Crippen molar-refractivity contribution in [2.24, 2.45) is 0 Å². The maximum absolute atomic E-state index is 12.1. The third-order valence-corrected chi connectivity index (χ3v) is 3.61. The van der Waals surface area contributed by atoms with Crippen LogP contribution in [0.15, 0.2) is 42.5 Å². The largest absolute Gasteiger partial charge is 0.493 e. The number of carbonyl (C=O) groups excluding carboxylic acids is 3. The van der Waals surface area contributed by atoms with Gasteiger partial charge in [0.15, 0.2) is 24.2 Å². The number of hydrogen-bond donors (Lipinski definition) is 1. The van der Waals surface area contributed by atoms with Gasteiger partial charge in [-0.05, 0) is 43.3 Å². The zero-order valence-corrected chi connectivity index (χ0v) is 15.3. The average Bonchev–Trinajstić information content (AvgIpc) is 2.72. The molecular formula is C20H18N2O6. The highest BCUT2D eigenvalue weighted by atomic mass is 16.6. The Hall–Kier alpha value is -3.86. The van der Waals surface area contributed by atoms with Crippen LogP contribution in [-0.4, -0.2) is 38.0 Å². The molecule has 1 atom stereocenters. The van der Waals surface area contributed by atoms with E-state index in [0.29, 0.717) is 28.8 Å². The first-order valence-electron chi connectivity index (χ1n) is 8.23. The van der Waals surface area contributed by atoms with Crippen LogP contribution >= 0.6 is 0 Å². The lowest BCUT2D eigenvalue weighted by Crippen LogP contribution is -2.31. The Morgan fingerprint density at radius 3 is 2.68 bits per heavy atom. The van der Waals surface area contributed by atoms with Crippen molar-refractivity contribution in [1.29, 1.82) is 5.26 Å². The fourth-order valence-electron chi connectivity index (χ4n) is 2.21. The third-order valence-electron chi connectivity index (χ3n) is 3.61. The Labute approximate surface area is 161 Å². The van der Waals surface area contributed by atoms with Crippen LogP contribution in [0, 0.1) is 11.3 Å². The van der Waals surface area contributed by atoms with Gasteiger partial charge >= 0.3 is 5.97 Å². The number of hydrogen-bond acceptors (Lipinski definition) is 7. The Balaban J connectivity index is 1.89. The maximum atomic E-state index is 12.1. The Kier molecular flexibility index (Phi) is 7.11. The van der Waals surface area contributed by atoms with Crippen LogP contribution in [0.2, 0.25) is 0 Å².